The molecule has 1 heterocycles. The van der Waals surface area contributed by atoms with Crippen LogP contribution in [0.15, 0.2) is 36.5 Å². The smallest absolute Gasteiger partial charge is 0.249 e. The number of allylic oxidation sites excluding steroid dienone is 6. The van der Waals surface area contributed by atoms with Gasteiger partial charge in [0.2, 0.25) is 5.91 Å². The average Bonchev–Trinajstić information content (AvgIpc) is 3.29. The van der Waals surface area contributed by atoms with Crippen LogP contribution in [0.5, 0.6) is 0 Å². The summed E-state index contributed by atoms with van der Waals surface area (Å²) in [6.45, 7) is 3.42. The lowest BCUT2D eigenvalue weighted by Gasteiger charge is -2.40. The van der Waals surface area contributed by atoms with E-state index in [1.807, 2.05) is 0 Å². The Labute approximate surface area is 390 Å². The van der Waals surface area contributed by atoms with Crippen LogP contribution in [0.4, 0.5) is 0 Å². The Morgan fingerprint density at radius 2 is 0.938 bits per heavy atom. The molecule has 0 radical (unpaired) electrons. The van der Waals surface area contributed by atoms with E-state index in [0.717, 1.165) is 44.9 Å². The molecular weight excluding hydrogens is 811 g/mol. The van der Waals surface area contributed by atoms with E-state index in [1.54, 1.807) is 0 Å². The lowest BCUT2D eigenvalue weighted by atomic mass is 9.98. The van der Waals surface area contributed by atoms with Crippen molar-refractivity contribution in [1.29, 1.82) is 0 Å². The summed E-state index contributed by atoms with van der Waals surface area (Å²) >= 11 is 0. The van der Waals surface area contributed by atoms with Crippen LogP contribution >= 0.6 is 0 Å². The number of aliphatic hydroxyl groups excluding tert-OH is 7. The highest BCUT2D eigenvalue weighted by molar-refractivity contribution is 5.80. The van der Waals surface area contributed by atoms with Gasteiger partial charge in [0.1, 0.15) is 36.6 Å². The van der Waals surface area contributed by atoms with Gasteiger partial charge in [-0.3, -0.25) is 4.79 Å². The first-order valence-corrected chi connectivity index (χ1v) is 26.4. The van der Waals surface area contributed by atoms with Gasteiger partial charge in [-0.25, -0.2) is 0 Å². The molecule has 0 aliphatic carbocycles. The molecule has 1 aliphatic rings. The molecule has 0 aromatic heterocycles. The summed E-state index contributed by atoms with van der Waals surface area (Å²) in [5.41, 5.74) is 0. The van der Waals surface area contributed by atoms with E-state index in [1.165, 1.54) is 135 Å². The predicted octanol–water partition coefficient (Wildman–Crippen LogP) is 9.95. The summed E-state index contributed by atoms with van der Waals surface area (Å²) in [6.07, 6.45) is 39.1. The fourth-order valence-electron chi connectivity index (χ4n) is 8.28. The highest BCUT2D eigenvalue weighted by atomic mass is 16.7. The molecule has 11 nitrogen and oxygen atoms in total. The molecule has 9 atom stereocenters. The van der Waals surface area contributed by atoms with E-state index >= 15 is 0 Å². The Morgan fingerprint density at radius 3 is 1.39 bits per heavy atom. The van der Waals surface area contributed by atoms with E-state index in [4.69, 9.17) is 9.47 Å². The van der Waals surface area contributed by atoms with Crippen molar-refractivity contribution >= 4 is 5.91 Å². The van der Waals surface area contributed by atoms with Gasteiger partial charge in [0.05, 0.1) is 25.4 Å². The lowest BCUT2D eigenvalue weighted by Crippen LogP contribution is -2.60. The quantitative estimate of drug-likeness (QED) is 0.0216. The number of nitrogens with one attached hydrogen (secondary N) is 1. The zero-order valence-corrected chi connectivity index (χ0v) is 40.8. The highest BCUT2D eigenvalue weighted by Gasteiger charge is 2.44. The summed E-state index contributed by atoms with van der Waals surface area (Å²) in [5.74, 6) is -0.714. The molecule has 64 heavy (non-hydrogen) atoms. The number of aliphatic hydroxyl groups is 7. The predicted molar refractivity (Wildman–Crippen MR) is 261 cm³/mol. The van der Waals surface area contributed by atoms with Gasteiger partial charge in [0.15, 0.2) is 6.29 Å². The van der Waals surface area contributed by atoms with Gasteiger partial charge in [0, 0.05) is 0 Å². The van der Waals surface area contributed by atoms with Crippen molar-refractivity contribution in [2.75, 3.05) is 13.2 Å². The van der Waals surface area contributed by atoms with E-state index < -0.39 is 74.2 Å². The second-order valence-electron chi connectivity index (χ2n) is 18.6. The Balaban J connectivity index is 2.37. The van der Waals surface area contributed by atoms with Crippen molar-refractivity contribution in [2.45, 2.75) is 281 Å². The zero-order chi connectivity index (χ0) is 46.9. The SMILES string of the molecule is CCCCCCC/C=C/CC/C=C/CCCC(O)C(O)C(COC1OC(CO)C(O)C(O)C1O)NC(=O)C(O)CCCCCCCCC/C=C\CCCCCCCCCCCCCC. The van der Waals surface area contributed by atoms with Crippen LogP contribution in [0.25, 0.3) is 0 Å². The summed E-state index contributed by atoms with van der Waals surface area (Å²) in [7, 11) is 0. The molecule has 11 heteroatoms. The standard InChI is InChI=1S/C53H99NO10/c1-3-5-7-9-11-13-15-17-19-20-21-22-23-24-25-26-27-29-31-33-35-37-39-41-46(57)52(62)54-44(43-63-53-51(61)50(60)49(59)47(42-55)64-53)48(58)45(56)40-38-36-34-32-30-28-18-16-14-12-10-8-6-4-2/h16,18,24-25,32,34,44-51,53,55-61H,3-15,17,19-23,26-31,33,35-43H2,1-2H3,(H,54,62)/b18-16+,25-24-,34-32+. The Morgan fingerprint density at radius 1 is 0.531 bits per heavy atom. The number of hydrogen-bond donors (Lipinski definition) is 8. The van der Waals surface area contributed by atoms with Gasteiger partial charge in [-0.05, 0) is 77.0 Å². The first-order chi connectivity index (χ1) is 31.2. The van der Waals surface area contributed by atoms with Crippen LogP contribution in [0.2, 0.25) is 0 Å². The van der Waals surface area contributed by atoms with Crippen molar-refractivity contribution in [1.82, 2.24) is 5.32 Å². The van der Waals surface area contributed by atoms with Crippen LogP contribution < -0.4 is 5.32 Å². The number of hydrogen-bond acceptors (Lipinski definition) is 10. The van der Waals surface area contributed by atoms with Crippen LogP contribution in [-0.4, -0.2) is 110 Å². The first-order valence-electron chi connectivity index (χ1n) is 26.4. The molecule has 1 saturated heterocycles. The minimum absolute atomic E-state index is 0.245. The summed E-state index contributed by atoms with van der Waals surface area (Å²) < 4.78 is 11.1. The lowest BCUT2D eigenvalue weighted by molar-refractivity contribution is -0.303. The molecular formula is C53H99NO10. The third-order valence-corrected chi connectivity index (χ3v) is 12.6. The topological polar surface area (TPSA) is 189 Å². The molecule has 1 amide bonds. The fourth-order valence-corrected chi connectivity index (χ4v) is 8.28. The Kier molecular flexibility index (Phi) is 40.2. The van der Waals surface area contributed by atoms with Crippen LogP contribution in [0.1, 0.15) is 226 Å². The minimum Gasteiger partial charge on any atom is -0.394 e. The number of amides is 1. The average molecular weight is 910 g/mol. The number of ether oxygens (including phenoxy) is 2. The monoisotopic (exact) mass is 910 g/mol. The molecule has 0 aromatic carbocycles. The van der Waals surface area contributed by atoms with Gasteiger partial charge in [-0.1, -0.05) is 185 Å². The van der Waals surface area contributed by atoms with Crippen LogP contribution in [0.3, 0.4) is 0 Å². The molecule has 8 N–H and O–H groups in total. The molecule has 9 unspecified atom stereocenters. The van der Waals surface area contributed by atoms with Gasteiger partial charge in [0.25, 0.3) is 0 Å². The molecule has 0 saturated carbocycles. The first kappa shape index (κ1) is 60.3. The fraction of sp³-hybridized carbons (Fsp3) is 0.868. The molecule has 1 rings (SSSR count). The molecule has 0 aromatic rings. The third kappa shape index (κ3) is 31.3. The Bertz CT molecular complexity index is 1130. The maximum Gasteiger partial charge on any atom is 0.249 e. The minimum atomic E-state index is -1.67. The maximum atomic E-state index is 13.1. The molecule has 1 aliphatic heterocycles. The normalized spacial score (nSPS) is 21.3. The molecule has 376 valence electrons. The van der Waals surface area contributed by atoms with Crippen molar-refractivity contribution in [3.8, 4) is 0 Å². The van der Waals surface area contributed by atoms with Crippen molar-refractivity contribution in [3.05, 3.63) is 36.5 Å². The van der Waals surface area contributed by atoms with Crippen molar-refractivity contribution < 1.29 is 50.0 Å². The number of carbonyl (C=O) groups is 1. The van der Waals surface area contributed by atoms with E-state index in [0.29, 0.717) is 19.3 Å². The summed E-state index contributed by atoms with van der Waals surface area (Å²) in [4.78, 5) is 13.1. The van der Waals surface area contributed by atoms with Gasteiger partial charge in [-0.15, -0.1) is 0 Å². The largest absolute Gasteiger partial charge is 0.394 e. The number of unbranched alkanes of at least 4 members (excludes halogenated alkanes) is 26. The second-order valence-corrected chi connectivity index (χ2v) is 18.6. The van der Waals surface area contributed by atoms with Crippen molar-refractivity contribution in [3.63, 3.8) is 0 Å². The second kappa shape index (κ2) is 42.7. The number of carbonyl (C=O) groups excluding carboxylic acids is 1. The van der Waals surface area contributed by atoms with Crippen molar-refractivity contribution in [2.24, 2.45) is 0 Å². The van der Waals surface area contributed by atoms with E-state index in [2.05, 4.69) is 55.6 Å². The molecule has 0 spiro atoms. The molecule has 0 bridgehead atoms. The Hall–Kier alpha value is -1.67. The third-order valence-electron chi connectivity index (χ3n) is 12.6. The van der Waals surface area contributed by atoms with Crippen LogP contribution in [0, 0.1) is 0 Å². The van der Waals surface area contributed by atoms with Gasteiger partial charge in [-0.2, -0.15) is 0 Å². The molecule has 1 fully saturated rings. The van der Waals surface area contributed by atoms with Crippen LogP contribution in [-0.2, 0) is 14.3 Å². The van der Waals surface area contributed by atoms with E-state index in [-0.39, 0.29) is 12.8 Å². The van der Waals surface area contributed by atoms with Gasteiger partial charge >= 0.3 is 0 Å². The van der Waals surface area contributed by atoms with E-state index in [9.17, 15) is 40.5 Å². The summed E-state index contributed by atoms with van der Waals surface area (Å²) in [5, 5.41) is 75.8. The zero-order valence-electron chi connectivity index (χ0n) is 40.8. The maximum absolute atomic E-state index is 13.1. The van der Waals surface area contributed by atoms with Gasteiger partial charge < -0.3 is 50.5 Å². The highest BCUT2D eigenvalue weighted by Crippen LogP contribution is 2.23. The number of rotatable bonds is 44. The summed E-state index contributed by atoms with van der Waals surface area (Å²) in [6, 6.07) is -1.19.